The van der Waals surface area contributed by atoms with Crippen molar-refractivity contribution in [1.29, 1.82) is 0 Å². The van der Waals surface area contributed by atoms with Crippen LogP contribution in [0.3, 0.4) is 0 Å². The number of guanidine groups is 1. The van der Waals surface area contributed by atoms with Crippen molar-refractivity contribution in [3.63, 3.8) is 0 Å². The first-order valence-electron chi connectivity index (χ1n) is 4.99. The second-order valence-electron chi connectivity index (χ2n) is 3.23. The van der Waals surface area contributed by atoms with Gasteiger partial charge in [0.05, 0.1) is 0 Å². The topological polar surface area (TPSA) is 36.4 Å². The average Bonchev–Trinajstić information content (AvgIpc) is 2.29. The second-order valence-corrected chi connectivity index (χ2v) is 3.23. The largest absolute Gasteiger partial charge is 0.359 e. The van der Waals surface area contributed by atoms with Crippen LogP contribution in [0.1, 0.15) is 5.56 Å². The Hall–Kier alpha value is -0.920. The zero-order chi connectivity index (χ0) is 12.0. The lowest BCUT2D eigenvalue weighted by atomic mass is 10.1. The molecule has 0 spiro atoms. The van der Waals surface area contributed by atoms with Gasteiger partial charge in [0.2, 0.25) is 0 Å². The molecule has 0 fully saturated rings. The van der Waals surface area contributed by atoms with E-state index in [2.05, 4.69) is 15.6 Å². The van der Waals surface area contributed by atoms with Crippen molar-refractivity contribution in [3.05, 3.63) is 35.4 Å². The average molecular weight is 355 g/mol. The summed E-state index contributed by atoms with van der Waals surface area (Å²) in [6.45, 7) is 0.494. The second kappa shape index (κ2) is 8.21. The fourth-order valence-electron chi connectivity index (χ4n) is 1.33. The highest BCUT2D eigenvalue weighted by Gasteiger charge is 2.03. The van der Waals surface area contributed by atoms with Gasteiger partial charge in [-0.05, 0) is 30.2 Å². The number of aliphatic imine (C=N–C) groups is 1. The number of nitrogens with one attached hydrogen (secondary N) is 2. The molecule has 0 heterocycles. The zero-order valence-electron chi connectivity index (χ0n) is 9.76. The molecule has 6 heteroatoms. The molecule has 0 saturated carbocycles. The van der Waals surface area contributed by atoms with Crippen molar-refractivity contribution in [2.24, 2.45) is 4.99 Å². The van der Waals surface area contributed by atoms with Gasteiger partial charge in [0, 0.05) is 20.6 Å². The lowest BCUT2D eigenvalue weighted by Crippen LogP contribution is -2.35. The molecule has 0 aliphatic carbocycles. The molecule has 2 N–H and O–H groups in total. The predicted octanol–water partition coefficient (Wildman–Crippen LogP) is 1.92. The lowest BCUT2D eigenvalue weighted by molar-refractivity contribution is 0.583. The van der Waals surface area contributed by atoms with Gasteiger partial charge in [0.15, 0.2) is 5.96 Å². The molecule has 1 rings (SSSR count). The number of hydrogen-bond donors (Lipinski definition) is 2. The summed E-state index contributed by atoms with van der Waals surface area (Å²) < 4.78 is 26.1. The van der Waals surface area contributed by atoms with Gasteiger partial charge in [-0.1, -0.05) is 0 Å². The van der Waals surface area contributed by atoms with Crippen molar-refractivity contribution < 1.29 is 8.78 Å². The van der Waals surface area contributed by atoms with Crippen LogP contribution in [-0.2, 0) is 6.42 Å². The van der Waals surface area contributed by atoms with Crippen LogP contribution in [0.5, 0.6) is 0 Å². The van der Waals surface area contributed by atoms with Gasteiger partial charge >= 0.3 is 0 Å². The van der Waals surface area contributed by atoms with E-state index in [0.717, 1.165) is 12.1 Å². The fourth-order valence-corrected chi connectivity index (χ4v) is 1.33. The first-order valence-corrected chi connectivity index (χ1v) is 4.99. The molecule has 1 aromatic carbocycles. The Labute approximate surface area is 117 Å². The number of benzene rings is 1. The Morgan fingerprint density at radius 2 is 2.06 bits per heavy atom. The molecule has 0 radical (unpaired) electrons. The molecule has 0 aliphatic heterocycles. The molecule has 0 bridgehead atoms. The normalized spacial score (nSPS) is 10.7. The van der Waals surface area contributed by atoms with Crippen LogP contribution in [0.4, 0.5) is 8.78 Å². The minimum Gasteiger partial charge on any atom is -0.359 e. The number of nitrogens with zero attached hydrogens (tertiary/aromatic N) is 1. The van der Waals surface area contributed by atoms with Crippen molar-refractivity contribution in [1.82, 2.24) is 10.6 Å². The third-order valence-corrected chi connectivity index (χ3v) is 2.15. The van der Waals surface area contributed by atoms with Crippen LogP contribution in [0, 0.1) is 11.6 Å². The Balaban J connectivity index is 0.00000256. The highest BCUT2D eigenvalue weighted by molar-refractivity contribution is 14.0. The van der Waals surface area contributed by atoms with Gasteiger partial charge in [0.1, 0.15) is 11.6 Å². The van der Waals surface area contributed by atoms with Gasteiger partial charge in [-0.15, -0.1) is 24.0 Å². The van der Waals surface area contributed by atoms with Crippen molar-refractivity contribution in [2.75, 3.05) is 20.6 Å². The number of halogens is 3. The molecule has 0 saturated heterocycles. The molecule has 17 heavy (non-hydrogen) atoms. The smallest absolute Gasteiger partial charge is 0.190 e. The molecule has 0 amide bonds. The summed E-state index contributed by atoms with van der Waals surface area (Å²) >= 11 is 0. The van der Waals surface area contributed by atoms with Crippen LogP contribution < -0.4 is 10.6 Å². The van der Waals surface area contributed by atoms with Gasteiger partial charge in [0.25, 0.3) is 0 Å². The summed E-state index contributed by atoms with van der Waals surface area (Å²) in [5, 5.41) is 5.80. The molecule has 0 unspecified atom stereocenters. The van der Waals surface area contributed by atoms with Crippen LogP contribution in [0.15, 0.2) is 23.2 Å². The number of rotatable bonds is 3. The molecule has 0 atom stereocenters. The van der Waals surface area contributed by atoms with E-state index in [0.29, 0.717) is 24.5 Å². The van der Waals surface area contributed by atoms with E-state index >= 15 is 0 Å². The van der Waals surface area contributed by atoms with Gasteiger partial charge in [-0.25, -0.2) is 8.78 Å². The third-order valence-electron chi connectivity index (χ3n) is 2.15. The maximum Gasteiger partial charge on any atom is 0.190 e. The predicted molar refractivity (Wildman–Crippen MR) is 75.9 cm³/mol. The lowest BCUT2D eigenvalue weighted by Gasteiger charge is -2.08. The van der Waals surface area contributed by atoms with E-state index in [1.165, 1.54) is 6.07 Å². The van der Waals surface area contributed by atoms with E-state index in [1.807, 2.05) is 0 Å². The van der Waals surface area contributed by atoms with Crippen molar-refractivity contribution >= 4 is 29.9 Å². The Morgan fingerprint density at radius 1 is 1.35 bits per heavy atom. The monoisotopic (exact) mass is 355 g/mol. The summed E-state index contributed by atoms with van der Waals surface area (Å²) in [6, 6.07) is 3.45. The van der Waals surface area contributed by atoms with Crippen LogP contribution in [-0.4, -0.2) is 26.6 Å². The maximum atomic E-state index is 13.2. The van der Waals surface area contributed by atoms with Crippen LogP contribution in [0.2, 0.25) is 0 Å². The standard InChI is InChI=1S/C11H15F2N3.HI/c1-14-11(15-2)16-6-5-8-7-9(12)3-4-10(8)13;/h3-4,7H,5-6H2,1-2H3,(H2,14,15,16);1H. The Morgan fingerprint density at radius 3 is 2.65 bits per heavy atom. The third kappa shape index (κ3) is 5.29. The quantitative estimate of drug-likeness (QED) is 0.494. The molecular weight excluding hydrogens is 339 g/mol. The van der Waals surface area contributed by atoms with Gasteiger partial charge < -0.3 is 10.6 Å². The summed E-state index contributed by atoms with van der Waals surface area (Å²) in [5.74, 6) is -0.186. The zero-order valence-corrected chi connectivity index (χ0v) is 12.1. The highest BCUT2D eigenvalue weighted by atomic mass is 127. The summed E-state index contributed by atoms with van der Waals surface area (Å²) in [6.07, 6.45) is 0.407. The SMILES string of the molecule is CN=C(NC)NCCc1cc(F)ccc1F.I. The van der Waals surface area contributed by atoms with Crippen molar-refractivity contribution in [3.8, 4) is 0 Å². The van der Waals surface area contributed by atoms with E-state index in [9.17, 15) is 8.78 Å². The van der Waals surface area contributed by atoms with E-state index in [-0.39, 0.29) is 29.8 Å². The van der Waals surface area contributed by atoms with Crippen molar-refractivity contribution in [2.45, 2.75) is 6.42 Å². The molecule has 3 nitrogen and oxygen atoms in total. The summed E-state index contributed by atoms with van der Waals surface area (Å²) in [7, 11) is 3.37. The highest BCUT2D eigenvalue weighted by Crippen LogP contribution is 2.09. The van der Waals surface area contributed by atoms with Crippen LogP contribution >= 0.6 is 24.0 Å². The minimum absolute atomic E-state index is 0. The first kappa shape index (κ1) is 16.1. The molecule has 96 valence electrons. The Bertz CT molecular complexity index is 383. The minimum atomic E-state index is -0.422. The molecular formula is C11H16F2IN3. The molecule has 0 aliphatic rings. The van der Waals surface area contributed by atoms with E-state index < -0.39 is 5.82 Å². The maximum absolute atomic E-state index is 13.2. The fraction of sp³-hybridized carbons (Fsp3) is 0.364. The van der Waals surface area contributed by atoms with Gasteiger partial charge in [-0.2, -0.15) is 0 Å². The molecule has 0 aromatic heterocycles. The Kier molecular flexibility index (Phi) is 7.77. The van der Waals surface area contributed by atoms with E-state index in [1.54, 1.807) is 14.1 Å². The summed E-state index contributed by atoms with van der Waals surface area (Å²) in [5.41, 5.74) is 0.360. The van der Waals surface area contributed by atoms with Crippen LogP contribution in [0.25, 0.3) is 0 Å². The number of hydrogen-bond acceptors (Lipinski definition) is 1. The van der Waals surface area contributed by atoms with E-state index in [4.69, 9.17) is 0 Å². The molecule has 1 aromatic rings. The summed E-state index contributed by atoms with van der Waals surface area (Å²) in [4.78, 5) is 3.90. The van der Waals surface area contributed by atoms with Gasteiger partial charge in [-0.3, -0.25) is 4.99 Å². The first-order chi connectivity index (χ1) is 7.67.